The molecular weight excluding hydrogens is 389 g/mol. The topological polar surface area (TPSA) is 83.1 Å². The second-order valence-corrected chi connectivity index (χ2v) is 7.84. The maximum Gasteiger partial charge on any atom is 0.340 e. The molecule has 0 bridgehead atoms. The number of β-amino-alcohol motifs (C(OH)–C–C–N with tert-alkyl or cyclic N) is 1. The molecule has 0 spiro atoms. The molecule has 7 heteroatoms. The van der Waals surface area contributed by atoms with Crippen LogP contribution in [0, 0.1) is 5.82 Å². The van der Waals surface area contributed by atoms with Crippen LogP contribution in [0.2, 0.25) is 0 Å². The van der Waals surface area contributed by atoms with Gasteiger partial charge in [-0.3, -0.25) is 0 Å². The molecule has 1 atom stereocenters. The van der Waals surface area contributed by atoms with E-state index in [1.807, 2.05) is 18.7 Å². The third kappa shape index (κ3) is 3.85. The lowest BCUT2D eigenvalue weighted by Gasteiger charge is -2.33. The van der Waals surface area contributed by atoms with Crippen LogP contribution in [-0.2, 0) is 0 Å². The number of hydrogen-bond acceptors (Lipinski definition) is 5. The number of carboxylic acids is 1. The molecule has 2 heterocycles. The van der Waals surface area contributed by atoms with E-state index in [2.05, 4.69) is 0 Å². The standard InChI is InChI=1S/C23H24FNO5/c1-13(2)29-20-10-17-19(11-18(20)25-9-3-4-16(26)12-25)30-22(21(17)23(27)28)14-5-7-15(24)8-6-14/h5-8,10-11,13,16,26H,3-4,9,12H2,1-2H3,(H,27,28). The number of fused-ring (bicyclic) bond motifs is 1. The van der Waals surface area contributed by atoms with Crippen LogP contribution in [0.3, 0.4) is 0 Å². The van der Waals surface area contributed by atoms with Gasteiger partial charge in [0.25, 0.3) is 0 Å². The second-order valence-electron chi connectivity index (χ2n) is 7.84. The van der Waals surface area contributed by atoms with E-state index in [0.29, 0.717) is 28.8 Å². The van der Waals surface area contributed by atoms with Gasteiger partial charge in [-0.1, -0.05) is 0 Å². The highest BCUT2D eigenvalue weighted by Crippen LogP contribution is 2.41. The van der Waals surface area contributed by atoms with E-state index in [1.54, 1.807) is 12.1 Å². The molecule has 158 valence electrons. The maximum absolute atomic E-state index is 13.3. The molecule has 3 aromatic rings. The fraction of sp³-hybridized carbons (Fsp3) is 0.348. The van der Waals surface area contributed by atoms with Crippen molar-refractivity contribution in [2.45, 2.75) is 38.9 Å². The number of aliphatic hydroxyl groups excluding tert-OH is 1. The van der Waals surface area contributed by atoms with Crippen molar-refractivity contribution in [1.82, 2.24) is 0 Å². The van der Waals surface area contributed by atoms with Crippen molar-refractivity contribution in [3.63, 3.8) is 0 Å². The Morgan fingerprint density at radius 1 is 1.27 bits per heavy atom. The summed E-state index contributed by atoms with van der Waals surface area (Å²) in [6, 6.07) is 8.97. The summed E-state index contributed by atoms with van der Waals surface area (Å²) in [6.07, 6.45) is 1.05. The van der Waals surface area contributed by atoms with Gasteiger partial charge in [0.2, 0.25) is 0 Å². The fourth-order valence-electron chi connectivity index (χ4n) is 3.90. The number of furan rings is 1. The van der Waals surface area contributed by atoms with Crippen LogP contribution >= 0.6 is 0 Å². The van der Waals surface area contributed by atoms with Crippen LogP contribution in [0.5, 0.6) is 5.75 Å². The molecule has 1 unspecified atom stereocenters. The van der Waals surface area contributed by atoms with E-state index in [9.17, 15) is 19.4 Å². The van der Waals surface area contributed by atoms with Crippen LogP contribution in [0.4, 0.5) is 10.1 Å². The lowest BCUT2D eigenvalue weighted by atomic mass is 10.0. The van der Waals surface area contributed by atoms with Crippen molar-refractivity contribution in [1.29, 1.82) is 0 Å². The molecule has 0 amide bonds. The Hall–Kier alpha value is -3.06. The van der Waals surface area contributed by atoms with E-state index in [0.717, 1.165) is 25.1 Å². The molecular formula is C23H24FNO5. The Bertz CT molecular complexity index is 1070. The van der Waals surface area contributed by atoms with Crippen molar-refractivity contribution < 1.29 is 28.6 Å². The number of aromatic carboxylic acids is 1. The first-order valence-electron chi connectivity index (χ1n) is 10.0. The van der Waals surface area contributed by atoms with Crippen molar-refractivity contribution in [3.8, 4) is 17.1 Å². The fourth-order valence-corrected chi connectivity index (χ4v) is 3.90. The first kappa shape index (κ1) is 20.2. The number of carbonyl (C=O) groups is 1. The number of rotatable bonds is 5. The lowest BCUT2D eigenvalue weighted by Crippen LogP contribution is -2.38. The number of halogens is 1. The molecule has 1 aromatic heterocycles. The van der Waals surface area contributed by atoms with E-state index in [4.69, 9.17) is 9.15 Å². The minimum Gasteiger partial charge on any atom is -0.489 e. The second kappa shape index (κ2) is 7.99. The van der Waals surface area contributed by atoms with Gasteiger partial charge in [0.1, 0.15) is 28.5 Å². The Balaban J connectivity index is 1.91. The Morgan fingerprint density at radius 2 is 2.00 bits per heavy atom. The van der Waals surface area contributed by atoms with Crippen molar-refractivity contribution in [2.75, 3.05) is 18.0 Å². The molecule has 0 radical (unpaired) electrons. The average Bonchev–Trinajstić information content (AvgIpc) is 3.06. The molecule has 6 nitrogen and oxygen atoms in total. The van der Waals surface area contributed by atoms with Gasteiger partial charge in [-0.25, -0.2) is 9.18 Å². The molecule has 2 N–H and O–H groups in total. The lowest BCUT2D eigenvalue weighted by molar-refractivity contribution is 0.0699. The number of benzene rings is 2. The largest absolute Gasteiger partial charge is 0.489 e. The highest BCUT2D eigenvalue weighted by Gasteiger charge is 2.27. The predicted molar refractivity (Wildman–Crippen MR) is 112 cm³/mol. The quantitative estimate of drug-likeness (QED) is 0.632. The van der Waals surface area contributed by atoms with Crippen LogP contribution in [0.1, 0.15) is 37.0 Å². The summed E-state index contributed by atoms with van der Waals surface area (Å²) in [5.74, 6) is -0.834. The van der Waals surface area contributed by atoms with Gasteiger partial charge in [-0.15, -0.1) is 0 Å². The summed E-state index contributed by atoms with van der Waals surface area (Å²) in [4.78, 5) is 14.1. The predicted octanol–water partition coefficient (Wildman–Crippen LogP) is 4.69. The van der Waals surface area contributed by atoms with Gasteiger partial charge < -0.3 is 24.3 Å². The van der Waals surface area contributed by atoms with E-state index < -0.39 is 17.9 Å². The number of hydrogen-bond donors (Lipinski definition) is 2. The molecule has 0 saturated carbocycles. The third-order valence-electron chi connectivity index (χ3n) is 5.19. The smallest absolute Gasteiger partial charge is 0.340 e. The summed E-state index contributed by atoms with van der Waals surface area (Å²) in [6.45, 7) is 5.03. The van der Waals surface area contributed by atoms with Gasteiger partial charge in [-0.2, -0.15) is 0 Å². The maximum atomic E-state index is 13.3. The zero-order valence-electron chi connectivity index (χ0n) is 16.9. The number of nitrogens with zero attached hydrogens (tertiary/aromatic N) is 1. The Morgan fingerprint density at radius 3 is 2.63 bits per heavy atom. The minimum absolute atomic E-state index is 0.00967. The van der Waals surface area contributed by atoms with E-state index in [-0.39, 0.29) is 17.4 Å². The molecule has 30 heavy (non-hydrogen) atoms. The molecule has 1 aliphatic heterocycles. The van der Waals surface area contributed by atoms with E-state index >= 15 is 0 Å². The zero-order chi connectivity index (χ0) is 21.4. The van der Waals surface area contributed by atoms with Crippen LogP contribution in [-0.4, -0.2) is 41.5 Å². The molecule has 1 saturated heterocycles. The van der Waals surface area contributed by atoms with Gasteiger partial charge in [0, 0.05) is 30.1 Å². The number of ether oxygens (including phenoxy) is 1. The van der Waals surface area contributed by atoms with Crippen molar-refractivity contribution in [2.24, 2.45) is 0 Å². The number of piperidine rings is 1. The summed E-state index contributed by atoms with van der Waals surface area (Å²) in [5, 5.41) is 20.4. The molecule has 0 aliphatic carbocycles. The Kier molecular flexibility index (Phi) is 5.39. The minimum atomic E-state index is -1.13. The van der Waals surface area contributed by atoms with Crippen molar-refractivity contribution >= 4 is 22.6 Å². The molecule has 2 aromatic carbocycles. The molecule has 1 aliphatic rings. The molecule has 4 rings (SSSR count). The summed E-state index contributed by atoms with van der Waals surface area (Å²) in [7, 11) is 0. The van der Waals surface area contributed by atoms with Crippen LogP contribution < -0.4 is 9.64 Å². The van der Waals surface area contributed by atoms with E-state index in [1.165, 1.54) is 24.3 Å². The summed E-state index contributed by atoms with van der Waals surface area (Å²) in [5.41, 5.74) is 1.64. The third-order valence-corrected chi connectivity index (χ3v) is 5.19. The molecule has 1 fully saturated rings. The van der Waals surface area contributed by atoms with Gasteiger partial charge in [0.15, 0.2) is 0 Å². The van der Waals surface area contributed by atoms with Crippen LogP contribution in [0.15, 0.2) is 40.8 Å². The number of carboxylic acid groups (broad SMARTS) is 1. The average molecular weight is 413 g/mol. The first-order chi connectivity index (χ1) is 14.3. The van der Waals surface area contributed by atoms with Gasteiger partial charge in [0.05, 0.1) is 17.9 Å². The van der Waals surface area contributed by atoms with Gasteiger partial charge in [-0.05, 0) is 57.0 Å². The highest BCUT2D eigenvalue weighted by molar-refractivity contribution is 6.09. The number of anilines is 1. The van der Waals surface area contributed by atoms with Gasteiger partial charge >= 0.3 is 5.97 Å². The Labute approximate surface area is 173 Å². The zero-order valence-corrected chi connectivity index (χ0v) is 16.9. The number of aliphatic hydroxyl groups is 1. The van der Waals surface area contributed by atoms with Crippen molar-refractivity contribution in [3.05, 3.63) is 47.8 Å². The first-order valence-corrected chi connectivity index (χ1v) is 10.0. The summed E-state index contributed by atoms with van der Waals surface area (Å²) < 4.78 is 25.3. The highest BCUT2D eigenvalue weighted by atomic mass is 19.1. The van der Waals surface area contributed by atoms with Crippen LogP contribution in [0.25, 0.3) is 22.3 Å². The monoisotopic (exact) mass is 413 g/mol. The SMILES string of the molecule is CC(C)Oc1cc2c(C(=O)O)c(-c3ccc(F)cc3)oc2cc1N1CCCC(O)C1. The summed E-state index contributed by atoms with van der Waals surface area (Å²) >= 11 is 0. The normalized spacial score (nSPS) is 17.0.